The van der Waals surface area contributed by atoms with Crippen LogP contribution in [0.25, 0.3) is 0 Å². The van der Waals surface area contributed by atoms with Gasteiger partial charge in [0, 0.05) is 12.4 Å². The fraction of sp³-hybridized carbons (Fsp3) is 0. The largest absolute Gasteiger partial charge is 0.293 e. The van der Waals surface area contributed by atoms with Crippen LogP contribution in [0.5, 0.6) is 0 Å². The van der Waals surface area contributed by atoms with Gasteiger partial charge >= 0.3 is 0 Å². The van der Waals surface area contributed by atoms with Crippen LogP contribution >= 0.6 is 12.2 Å². The SMILES string of the molecule is O=c1cn[nH]c(=S)n1/N=C\c1ccncc1. The van der Waals surface area contributed by atoms with Crippen LogP contribution in [0, 0.1) is 4.77 Å². The van der Waals surface area contributed by atoms with E-state index in [1.165, 1.54) is 6.21 Å². The summed E-state index contributed by atoms with van der Waals surface area (Å²) in [5.41, 5.74) is 0.446. The molecule has 0 aliphatic heterocycles. The third-order valence-electron chi connectivity index (χ3n) is 1.76. The molecule has 2 aromatic heterocycles. The van der Waals surface area contributed by atoms with E-state index >= 15 is 0 Å². The molecule has 0 bridgehead atoms. The highest BCUT2D eigenvalue weighted by molar-refractivity contribution is 7.71. The molecule has 0 fully saturated rings. The molecule has 80 valence electrons. The maximum absolute atomic E-state index is 11.3. The average Bonchev–Trinajstić information content (AvgIpc) is 2.30. The van der Waals surface area contributed by atoms with Crippen molar-refractivity contribution in [2.75, 3.05) is 0 Å². The van der Waals surface area contributed by atoms with Gasteiger partial charge in [0.2, 0.25) is 4.77 Å². The van der Waals surface area contributed by atoms with E-state index in [1.54, 1.807) is 24.5 Å². The van der Waals surface area contributed by atoms with E-state index in [1.807, 2.05) is 0 Å². The fourth-order valence-electron chi connectivity index (χ4n) is 1.03. The van der Waals surface area contributed by atoms with Gasteiger partial charge in [0.15, 0.2) is 0 Å². The van der Waals surface area contributed by atoms with Crippen molar-refractivity contribution in [2.45, 2.75) is 0 Å². The first-order valence-electron chi connectivity index (χ1n) is 4.38. The van der Waals surface area contributed by atoms with Gasteiger partial charge in [-0.05, 0) is 29.9 Å². The van der Waals surface area contributed by atoms with Crippen molar-refractivity contribution < 1.29 is 0 Å². The topological polar surface area (TPSA) is 75.9 Å². The van der Waals surface area contributed by atoms with Crippen LogP contribution in [0.1, 0.15) is 5.56 Å². The summed E-state index contributed by atoms with van der Waals surface area (Å²) < 4.78 is 1.21. The van der Waals surface area contributed by atoms with Gasteiger partial charge in [0.1, 0.15) is 6.20 Å². The Kier molecular flexibility index (Phi) is 2.97. The van der Waals surface area contributed by atoms with Gasteiger partial charge in [-0.2, -0.15) is 14.9 Å². The first kappa shape index (κ1) is 10.4. The Hall–Kier alpha value is -2.15. The lowest BCUT2D eigenvalue weighted by atomic mass is 10.3. The third-order valence-corrected chi connectivity index (χ3v) is 2.03. The van der Waals surface area contributed by atoms with Crippen molar-refractivity contribution in [3.63, 3.8) is 0 Å². The quantitative estimate of drug-likeness (QED) is 0.608. The molecular weight excluding hydrogens is 226 g/mol. The zero-order valence-corrected chi connectivity index (χ0v) is 8.89. The predicted octanol–water partition coefficient (Wildman–Crippen LogP) is 0.578. The number of nitrogens with one attached hydrogen (secondary N) is 1. The molecule has 0 saturated heterocycles. The normalized spacial score (nSPS) is 10.8. The number of nitrogens with zero attached hydrogens (tertiary/aromatic N) is 4. The van der Waals surface area contributed by atoms with Crippen LogP contribution in [0.4, 0.5) is 0 Å². The number of aromatic amines is 1. The molecule has 1 N–H and O–H groups in total. The van der Waals surface area contributed by atoms with Crippen molar-refractivity contribution in [1.82, 2.24) is 19.9 Å². The summed E-state index contributed by atoms with van der Waals surface area (Å²) in [6, 6.07) is 3.53. The highest BCUT2D eigenvalue weighted by Crippen LogP contribution is 1.91. The van der Waals surface area contributed by atoms with Crippen LogP contribution in [0.15, 0.2) is 40.6 Å². The van der Waals surface area contributed by atoms with E-state index in [0.717, 1.165) is 16.4 Å². The highest BCUT2D eigenvalue weighted by Gasteiger charge is 1.93. The lowest BCUT2D eigenvalue weighted by Gasteiger charge is -1.95. The van der Waals surface area contributed by atoms with Crippen molar-refractivity contribution in [3.8, 4) is 0 Å². The minimum Gasteiger partial charge on any atom is -0.265 e. The zero-order chi connectivity index (χ0) is 11.4. The molecule has 0 atom stereocenters. The molecular formula is C9H7N5OS. The van der Waals surface area contributed by atoms with E-state index in [-0.39, 0.29) is 10.3 Å². The van der Waals surface area contributed by atoms with Gasteiger partial charge in [0.25, 0.3) is 5.56 Å². The Morgan fingerprint density at radius 2 is 2.19 bits per heavy atom. The molecule has 0 spiro atoms. The molecule has 0 radical (unpaired) electrons. The number of pyridine rings is 1. The fourth-order valence-corrected chi connectivity index (χ4v) is 1.22. The Balaban J connectivity index is 2.39. The minimum atomic E-state index is -0.381. The van der Waals surface area contributed by atoms with Crippen LogP contribution in [-0.4, -0.2) is 26.1 Å². The van der Waals surface area contributed by atoms with E-state index < -0.39 is 0 Å². The van der Waals surface area contributed by atoms with Crippen LogP contribution < -0.4 is 5.56 Å². The molecule has 0 aliphatic rings. The molecule has 16 heavy (non-hydrogen) atoms. The summed E-state index contributed by atoms with van der Waals surface area (Å²) in [5, 5.41) is 9.98. The van der Waals surface area contributed by atoms with E-state index in [0.29, 0.717) is 0 Å². The summed E-state index contributed by atoms with van der Waals surface area (Å²) in [7, 11) is 0. The Labute approximate surface area is 95.3 Å². The molecule has 2 heterocycles. The second-order valence-corrected chi connectivity index (χ2v) is 3.24. The molecule has 0 aliphatic carbocycles. The summed E-state index contributed by atoms with van der Waals surface area (Å²) in [4.78, 5) is 15.2. The predicted molar refractivity (Wildman–Crippen MR) is 60.9 cm³/mol. The maximum atomic E-state index is 11.3. The Bertz CT molecular complexity index is 587. The van der Waals surface area contributed by atoms with Crippen LogP contribution in [0.2, 0.25) is 0 Å². The third kappa shape index (κ3) is 2.26. The number of rotatable bonds is 2. The smallest absolute Gasteiger partial charge is 0.265 e. The average molecular weight is 233 g/mol. The van der Waals surface area contributed by atoms with E-state index in [4.69, 9.17) is 12.2 Å². The summed E-state index contributed by atoms with van der Waals surface area (Å²) in [6.45, 7) is 0. The van der Waals surface area contributed by atoms with E-state index in [2.05, 4.69) is 20.3 Å². The van der Waals surface area contributed by atoms with Gasteiger partial charge < -0.3 is 0 Å². The molecule has 0 saturated carbocycles. The summed E-state index contributed by atoms with van der Waals surface area (Å²) >= 11 is 4.87. The second kappa shape index (κ2) is 4.58. The molecule has 2 rings (SSSR count). The van der Waals surface area contributed by atoms with Crippen LogP contribution in [0.3, 0.4) is 0 Å². The van der Waals surface area contributed by atoms with Gasteiger partial charge in [-0.15, -0.1) is 0 Å². The number of hydrogen-bond acceptors (Lipinski definition) is 5. The highest BCUT2D eigenvalue weighted by atomic mass is 32.1. The summed E-state index contributed by atoms with van der Waals surface area (Å²) in [5.74, 6) is 0. The molecule has 0 amide bonds. The second-order valence-electron chi connectivity index (χ2n) is 2.85. The maximum Gasteiger partial charge on any atom is 0.293 e. The molecule has 6 nitrogen and oxygen atoms in total. The van der Waals surface area contributed by atoms with Gasteiger partial charge in [-0.25, -0.2) is 0 Å². The molecule has 0 aromatic carbocycles. The van der Waals surface area contributed by atoms with Gasteiger partial charge in [-0.3, -0.25) is 14.9 Å². The number of aromatic nitrogens is 4. The molecule has 7 heteroatoms. The standard InChI is InChI=1S/C9H7N5OS/c15-8-6-11-13-9(16)14(8)12-5-7-1-3-10-4-2-7/h1-6H,(H,13,16)/b12-5-. The van der Waals surface area contributed by atoms with Gasteiger partial charge in [0.05, 0.1) is 6.21 Å². The first-order chi connectivity index (χ1) is 7.77. The first-order valence-corrected chi connectivity index (χ1v) is 4.79. The number of H-pyrrole nitrogens is 1. The van der Waals surface area contributed by atoms with Crippen molar-refractivity contribution >= 4 is 18.4 Å². The molecule has 2 aromatic rings. The van der Waals surface area contributed by atoms with Crippen LogP contribution in [-0.2, 0) is 0 Å². The van der Waals surface area contributed by atoms with Crippen molar-refractivity contribution in [1.29, 1.82) is 0 Å². The lowest BCUT2D eigenvalue weighted by Crippen LogP contribution is -2.18. The molecule has 0 unspecified atom stereocenters. The monoisotopic (exact) mass is 233 g/mol. The Morgan fingerprint density at radius 3 is 2.88 bits per heavy atom. The van der Waals surface area contributed by atoms with Crippen molar-refractivity contribution in [2.24, 2.45) is 5.10 Å². The Morgan fingerprint density at radius 1 is 1.44 bits per heavy atom. The van der Waals surface area contributed by atoms with Crippen molar-refractivity contribution in [3.05, 3.63) is 51.4 Å². The minimum absolute atomic E-state index is 0.151. The zero-order valence-electron chi connectivity index (χ0n) is 8.07. The lowest BCUT2D eigenvalue weighted by molar-refractivity contribution is 0.738. The summed E-state index contributed by atoms with van der Waals surface area (Å²) in [6.07, 6.45) is 5.90. The van der Waals surface area contributed by atoms with E-state index in [9.17, 15) is 4.79 Å². The number of hydrogen-bond donors (Lipinski definition) is 1. The van der Waals surface area contributed by atoms with Gasteiger partial charge in [-0.1, -0.05) is 0 Å².